The maximum Gasteiger partial charge on any atom is 0.344 e. The molecule has 148 valence electrons. The number of nitrogens with zero attached hydrogens (tertiary/aromatic N) is 1. The van der Waals surface area contributed by atoms with Crippen molar-refractivity contribution in [2.45, 2.75) is 19.8 Å². The summed E-state index contributed by atoms with van der Waals surface area (Å²) >= 11 is 0. The van der Waals surface area contributed by atoms with Gasteiger partial charge in [-0.25, -0.2) is 4.79 Å². The lowest BCUT2D eigenvalue weighted by atomic mass is 9.96. The molecule has 5 rings (SSSR count). The van der Waals surface area contributed by atoms with Gasteiger partial charge in [0, 0.05) is 23.2 Å². The third kappa shape index (κ3) is 3.01. The number of benzene rings is 3. The van der Waals surface area contributed by atoms with Crippen LogP contribution in [-0.2, 0) is 6.42 Å². The lowest BCUT2D eigenvalue weighted by Gasteiger charge is -2.29. The van der Waals surface area contributed by atoms with Crippen molar-refractivity contribution in [3.8, 4) is 11.1 Å². The molecule has 0 aliphatic carbocycles. The molecule has 0 N–H and O–H groups in total. The Labute approximate surface area is 174 Å². The quantitative estimate of drug-likeness (QED) is 0.459. The second-order valence-corrected chi connectivity index (χ2v) is 7.69. The molecule has 1 aliphatic heterocycles. The molecule has 1 aromatic heterocycles. The Morgan fingerprint density at radius 1 is 0.900 bits per heavy atom. The van der Waals surface area contributed by atoms with Crippen LogP contribution in [0.4, 0.5) is 5.69 Å². The fourth-order valence-electron chi connectivity index (χ4n) is 4.22. The highest BCUT2D eigenvalue weighted by Crippen LogP contribution is 2.34. The minimum Gasteiger partial charge on any atom is -0.416 e. The highest BCUT2D eigenvalue weighted by Gasteiger charge is 2.29. The number of fused-ring (bicyclic) bond motifs is 2. The molecule has 2 heterocycles. The van der Waals surface area contributed by atoms with Crippen molar-refractivity contribution in [2.75, 3.05) is 11.4 Å². The number of hydrogen-bond donors (Lipinski definition) is 0. The monoisotopic (exact) mass is 395 g/mol. The van der Waals surface area contributed by atoms with E-state index >= 15 is 0 Å². The number of aryl methyl sites for hydroxylation is 2. The minimum absolute atomic E-state index is 0.0965. The van der Waals surface area contributed by atoms with Gasteiger partial charge < -0.3 is 9.32 Å². The van der Waals surface area contributed by atoms with Gasteiger partial charge in [-0.2, -0.15) is 0 Å². The average Bonchev–Trinajstić information content (AvgIpc) is 2.79. The number of hydrogen-bond acceptors (Lipinski definition) is 3. The SMILES string of the molecule is Cc1ccc(-c2c(C(=O)N3CCCc4ccccc43)oc(=O)c3ccccc23)cc1. The van der Waals surface area contributed by atoms with E-state index < -0.39 is 5.63 Å². The van der Waals surface area contributed by atoms with Crippen molar-refractivity contribution in [3.05, 3.63) is 100 Å². The Hall–Kier alpha value is -3.66. The van der Waals surface area contributed by atoms with Gasteiger partial charge in [0.15, 0.2) is 0 Å². The number of rotatable bonds is 2. The van der Waals surface area contributed by atoms with E-state index in [2.05, 4.69) is 0 Å². The summed E-state index contributed by atoms with van der Waals surface area (Å²) < 4.78 is 5.69. The molecule has 0 spiro atoms. The van der Waals surface area contributed by atoms with Crippen LogP contribution in [0.25, 0.3) is 21.9 Å². The van der Waals surface area contributed by atoms with Crippen LogP contribution < -0.4 is 10.5 Å². The Morgan fingerprint density at radius 2 is 1.60 bits per heavy atom. The molecule has 0 unspecified atom stereocenters. The zero-order valence-electron chi connectivity index (χ0n) is 16.7. The van der Waals surface area contributed by atoms with E-state index in [1.165, 1.54) is 0 Å². The predicted octanol–water partition coefficient (Wildman–Crippen LogP) is 5.36. The molecule has 4 aromatic rings. The summed E-state index contributed by atoms with van der Waals surface area (Å²) in [6, 6.07) is 23.2. The topological polar surface area (TPSA) is 50.5 Å². The largest absolute Gasteiger partial charge is 0.416 e. The smallest absolute Gasteiger partial charge is 0.344 e. The lowest BCUT2D eigenvalue weighted by Crippen LogP contribution is -2.36. The summed E-state index contributed by atoms with van der Waals surface area (Å²) in [5, 5.41) is 1.20. The van der Waals surface area contributed by atoms with Gasteiger partial charge in [-0.15, -0.1) is 0 Å². The number of amides is 1. The van der Waals surface area contributed by atoms with E-state index in [1.54, 1.807) is 17.0 Å². The van der Waals surface area contributed by atoms with Crippen molar-refractivity contribution in [1.82, 2.24) is 0 Å². The highest BCUT2D eigenvalue weighted by molar-refractivity contribution is 6.13. The second-order valence-electron chi connectivity index (χ2n) is 7.69. The first kappa shape index (κ1) is 18.4. The standard InChI is InChI=1S/C26H21NO3/c1-17-12-14-19(15-13-17)23-20-9-3-4-10-21(20)26(29)30-24(23)25(28)27-16-6-8-18-7-2-5-11-22(18)27/h2-5,7,9-15H,6,8,16H2,1H3. The normalized spacial score (nSPS) is 13.3. The summed E-state index contributed by atoms with van der Waals surface area (Å²) in [7, 11) is 0. The Kier molecular flexibility index (Phi) is 4.47. The summed E-state index contributed by atoms with van der Waals surface area (Å²) in [6.45, 7) is 2.61. The summed E-state index contributed by atoms with van der Waals surface area (Å²) in [6.07, 6.45) is 1.81. The molecule has 1 amide bonds. The van der Waals surface area contributed by atoms with Crippen LogP contribution >= 0.6 is 0 Å². The number of anilines is 1. The Bertz CT molecular complexity index is 1320. The summed E-state index contributed by atoms with van der Waals surface area (Å²) in [4.78, 5) is 28.2. The van der Waals surface area contributed by atoms with Gasteiger partial charge in [0.2, 0.25) is 5.76 Å². The van der Waals surface area contributed by atoms with Crippen LogP contribution in [0.3, 0.4) is 0 Å². The molecular formula is C26H21NO3. The van der Waals surface area contributed by atoms with E-state index in [0.717, 1.165) is 40.6 Å². The van der Waals surface area contributed by atoms with Gasteiger partial charge >= 0.3 is 5.63 Å². The average molecular weight is 395 g/mol. The summed E-state index contributed by atoms with van der Waals surface area (Å²) in [5.74, 6) is -0.181. The molecule has 4 nitrogen and oxygen atoms in total. The third-order valence-corrected chi connectivity index (χ3v) is 5.73. The van der Waals surface area contributed by atoms with Gasteiger partial charge in [0.25, 0.3) is 5.91 Å². The van der Waals surface area contributed by atoms with Crippen molar-refractivity contribution in [1.29, 1.82) is 0 Å². The number of carbonyl (C=O) groups is 1. The minimum atomic E-state index is -0.491. The third-order valence-electron chi connectivity index (χ3n) is 5.73. The molecule has 30 heavy (non-hydrogen) atoms. The zero-order chi connectivity index (χ0) is 20.7. The summed E-state index contributed by atoms with van der Waals surface area (Å²) in [5.41, 5.74) is 4.18. The molecule has 0 radical (unpaired) electrons. The van der Waals surface area contributed by atoms with E-state index in [0.29, 0.717) is 17.5 Å². The number of para-hydroxylation sites is 1. The maximum absolute atomic E-state index is 13.7. The van der Waals surface area contributed by atoms with E-state index in [1.807, 2.05) is 67.6 Å². The highest BCUT2D eigenvalue weighted by atomic mass is 16.4. The van der Waals surface area contributed by atoms with Gasteiger partial charge in [0.1, 0.15) is 0 Å². The molecule has 0 bridgehead atoms. The van der Waals surface area contributed by atoms with Gasteiger partial charge in [-0.05, 0) is 43.0 Å². The van der Waals surface area contributed by atoms with Gasteiger partial charge in [-0.1, -0.05) is 66.2 Å². The van der Waals surface area contributed by atoms with Crippen molar-refractivity contribution >= 4 is 22.4 Å². The van der Waals surface area contributed by atoms with Crippen LogP contribution in [0.5, 0.6) is 0 Å². The van der Waals surface area contributed by atoms with Crippen LogP contribution in [0, 0.1) is 6.92 Å². The molecule has 3 aromatic carbocycles. The first-order valence-corrected chi connectivity index (χ1v) is 10.2. The van der Waals surface area contributed by atoms with Crippen molar-refractivity contribution in [2.24, 2.45) is 0 Å². The van der Waals surface area contributed by atoms with Crippen LogP contribution in [0.15, 0.2) is 82.0 Å². The fourth-order valence-corrected chi connectivity index (χ4v) is 4.22. The van der Waals surface area contributed by atoms with Crippen LogP contribution in [0.1, 0.15) is 28.1 Å². The molecular weight excluding hydrogens is 374 g/mol. The zero-order valence-corrected chi connectivity index (χ0v) is 16.7. The van der Waals surface area contributed by atoms with Crippen molar-refractivity contribution in [3.63, 3.8) is 0 Å². The van der Waals surface area contributed by atoms with E-state index in [9.17, 15) is 9.59 Å². The molecule has 0 fully saturated rings. The Balaban J connectivity index is 1.75. The second kappa shape index (κ2) is 7.30. The van der Waals surface area contributed by atoms with Gasteiger partial charge in [-0.3, -0.25) is 4.79 Å². The van der Waals surface area contributed by atoms with Gasteiger partial charge in [0.05, 0.1) is 5.39 Å². The predicted molar refractivity (Wildman–Crippen MR) is 119 cm³/mol. The molecule has 0 saturated heterocycles. The van der Waals surface area contributed by atoms with Crippen LogP contribution in [0.2, 0.25) is 0 Å². The van der Waals surface area contributed by atoms with Crippen molar-refractivity contribution < 1.29 is 9.21 Å². The van der Waals surface area contributed by atoms with Crippen LogP contribution in [-0.4, -0.2) is 12.5 Å². The Morgan fingerprint density at radius 3 is 2.40 bits per heavy atom. The number of carbonyl (C=O) groups excluding carboxylic acids is 1. The van der Waals surface area contributed by atoms with E-state index in [4.69, 9.17) is 4.42 Å². The molecule has 4 heteroatoms. The molecule has 1 aliphatic rings. The lowest BCUT2D eigenvalue weighted by molar-refractivity contribution is 0.0955. The first-order valence-electron chi connectivity index (χ1n) is 10.2. The molecule has 0 saturated carbocycles. The fraction of sp³-hybridized carbons (Fsp3) is 0.154. The first-order chi connectivity index (χ1) is 14.6. The maximum atomic E-state index is 13.7. The molecule has 0 atom stereocenters. The van der Waals surface area contributed by atoms with E-state index in [-0.39, 0.29) is 11.7 Å².